The molecule has 0 radical (unpaired) electrons. The summed E-state index contributed by atoms with van der Waals surface area (Å²) in [7, 11) is 0. The molecule has 0 fully saturated rings. The quantitative estimate of drug-likeness (QED) is 0.891. The van der Waals surface area contributed by atoms with Crippen molar-refractivity contribution in [1.29, 1.82) is 0 Å². The van der Waals surface area contributed by atoms with E-state index in [0.717, 1.165) is 5.56 Å². The van der Waals surface area contributed by atoms with Crippen molar-refractivity contribution in [2.45, 2.75) is 13.0 Å². The van der Waals surface area contributed by atoms with Gasteiger partial charge in [0.1, 0.15) is 5.82 Å². The number of benzene rings is 1. The topological polar surface area (TPSA) is 26.0 Å². The van der Waals surface area contributed by atoms with E-state index < -0.39 is 6.04 Å². The molecule has 0 aliphatic heterocycles. The Morgan fingerprint density at radius 2 is 2.19 bits per heavy atom. The van der Waals surface area contributed by atoms with Crippen molar-refractivity contribution >= 4 is 27.3 Å². The Labute approximate surface area is 106 Å². The standard InChI is InChI=1S/C12H11BrFNS/c1-7-5-8(6-16-7)12(15)9-3-2-4-10(13)11(9)14/h2-6,12H,15H2,1H3. The van der Waals surface area contributed by atoms with Crippen LogP contribution in [0.3, 0.4) is 0 Å². The molecular formula is C12H11BrFNS. The molecule has 0 aliphatic carbocycles. The van der Waals surface area contributed by atoms with Gasteiger partial charge in [0.25, 0.3) is 0 Å². The highest BCUT2D eigenvalue weighted by atomic mass is 79.9. The summed E-state index contributed by atoms with van der Waals surface area (Å²) in [6.45, 7) is 2.01. The number of thiophene rings is 1. The molecule has 0 aliphatic rings. The lowest BCUT2D eigenvalue weighted by atomic mass is 10.0. The minimum Gasteiger partial charge on any atom is -0.320 e. The average molecular weight is 300 g/mol. The molecule has 2 rings (SSSR count). The molecule has 1 aromatic heterocycles. The molecule has 1 unspecified atom stereocenters. The lowest BCUT2D eigenvalue weighted by molar-refractivity contribution is 0.593. The summed E-state index contributed by atoms with van der Waals surface area (Å²) >= 11 is 4.79. The molecule has 2 N–H and O–H groups in total. The van der Waals surface area contributed by atoms with E-state index >= 15 is 0 Å². The number of hydrogen-bond donors (Lipinski definition) is 1. The van der Waals surface area contributed by atoms with Crippen molar-refractivity contribution in [2.24, 2.45) is 5.73 Å². The summed E-state index contributed by atoms with van der Waals surface area (Å²) in [5.74, 6) is -0.279. The summed E-state index contributed by atoms with van der Waals surface area (Å²) in [5, 5.41) is 1.97. The van der Waals surface area contributed by atoms with Crippen LogP contribution in [0, 0.1) is 12.7 Å². The van der Waals surface area contributed by atoms with Crippen molar-refractivity contribution in [2.75, 3.05) is 0 Å². The van der Waals surface area contributed by atoms with Crippen LogP contribution >= 0.6 is 27.3 Å². The van der Waals surface area contributed by atoms with Gasteiger partial charge in [-0.15, -0.1) is 11.3 Å². The zero-order valence-corrected chi connectivity index (χ0v) is 11.1. The van der Waals surface area contributed by atoms with Crippen LogP contribution in [-0.4, -0.2) is 0 Å². The number of rotatable bonds is 2. The molecular weight excluding hydrogens is 289 g/mol. The minimum atomic E-state index is -0.401. The van der Waals surface area contributed by atoms with Crippen molar-refractivity contribution in [3.63, 3.8) is 0 Å². The molecule has 4 heteroatoms. The van der Waals surface area contributed by atoms with Gasteiger partial charge < -0.3 is 5.73 Å². The Hall–Kier alpha value is -0.710. The van der Waals surface area contributed by atoms with E-state index in [0.29, 0.717) is 10.0 Å². The molecule has 1 atom stereocenters. The van der Waals surface area contributed by atoms with Crippen LogP contribution in [0.15, 0.2) is 34.1 Å². The van der Waals surface area contributed by atoms with Crippen molar-refractivity contribution in [3.05, 3.63) is 55.9 Å². The Balaban J connectivity index is 2.41. The summed E-state index contributed by atoms with van der Waals surface area (Å²) in [6.07, 6.45) is 0. The molecule has 1 heterocycles. The maximum atomic E-state index is 13.8. The van der Waals surface area contributed by atoms with Crippen LogP contribution in [0.25, 0.3) is 0 Å². The second-order valence-corrected chi connectivity index (χ2v) is 5.58. The lowest BCUT2D eigenvalue weighted by Gasteiger charge is -2.12. The Morgan fingerprint density at radius 1 is 1.44 bits per heavy atom. The third-order valence-electron chi connectivity index (χ3n) is 2.43. The zero-order valence-electron chi connectivity index (χ0n) is 8.71. The van der Waals surface area contributed by atoms with E-state index in [1.165, 1.54) is 4.88 Å². The number of hydrogen-bond acceptors (Lipinski definition) is 2. The summed E-state index contributed by atoms with van der Waals surface area (Å²) in [6, 6.07) is 6.78. The molecule has 0 bridgehead atoms. The van der Waals surface area contributed by atoms with Crippen LogP contribution in [0.5, 0.6) is 0 Å². The third kappa shape index (κ3) is 2.19. The summed E-state index contributed by atoms with van der Waals surface area (Å²) in [5.41, 5.74) is 7.52. The van der Waals surface area contributed by atoms with Gasteiger partial charge in [-0.2, -0.15) is 0 Å². The maximum absolute atomic E-state index is 13.8. The van der Waals surface area contributed by atoms with E-state index in [1.54, 1.807) is 29.5 Å². The van der Waals surface area contributed by atoms with Crippen LogP contribution < -0.4 is 5.73 Å². The largest absolute Gasteiger partial charge is 0.320 e. The van der Waals surface area contributed by atoms with E-state index in [2.05, 4.69) is 15.9 Å². The molecule has 1 nitrogen and oxygen atoms in total. The molecule has 16 heavy (non-hydrogen) atoms. The summed E-state index contributed by atoms with van der Waals surface area (Å²) < 4.78 is 14.3. The lowest BCUT2D eigenvalue weighted by Crippen LogP contribution is -2.12. The fourth-order valence-corrected chi connectivity index (χ4v) is 2.69. The van der Waals surface area contributed by atoms with Gasteiger partial charge in [-0.3, -0.25) is 0 Å². The van der Waals surface area contributed by atoms with E-state index in [4.69, 9.17) is 5.73 Å². The molecule has 0 saturated carbocycles. The first-order chi connectivity index (χ1) is 7.59. The van der Waals surface area contributed by atoms with Crippen LogP contribution in [0.4, 0.5) is 4.39 Å². The predicted molar refractivity (Wildman–Crippen MR) is 69.2 cm³/mol. The molecule has 84 valence electrons. The van der Waals surface area contributed by atoms with Gasteiger partial charge in [-0.1, -0.05) is 12.1 Å². The van der Waals surface area contributed by atoms with E-state index in [1.807, 2.05) is 18.4 Å². The van der Waals surface area contributed by atoms with Crippen molar-refractivity contribution in [3.8, 4) is 0 Å². The monoisotopic (exact) mass is 299 g/mol. The van der Waals surface area contributed by atoms with Gasteiger partial charge in [-0.25, -0.2) is 4.39 Å². The highest BCUT2D eigenvalue weighted by Gasteiger charge is 2.16. The second kappa shape index (κ2) is 4.65. The molecule has 2 aromatic rings. The second-order valence-electron chi connectivity index (χ2n) is 3.61. The highest BCUT2D eigenvalue weighted by molar-refractivity contribution is 9.10. The number of halogens is 2. The molecule has 0 saturated heterocycles. The fourth-order valence-electron chi connectivity index (χ4n) is 1.57. The molecule has 0 spiro atoms. The van der Waals surface area contributed by atoms with Gasteiger partial charge in [0.2, 0.25) is 0 Å². The van der Waals surface area contributed by atoms with E-state index in [-0.39, 0.29) is 5.82 Å². The Kier molecular flexibility index (Phi) is 3.42. The predicted octanol–water partition coefficient (Wildman–Crippen LogP) is 4.01. The minimum absolute atomic E-state index is 0.279. The third-order valence-corrected chi connectivity index (χ3v) is 3.92. The van der Waals surface area contributed by atoms with Crippen molar-refractivity contribution < 1.29 is 4.39 Å². The normalized spacial score (nSPS) is 12.8. The Bertz CT molecular complexity index is 509. The van der Waals surface area contributed by atoms with E-state index in [9.17, 15) is 4.39 Å². The highest BCUT2D eigenvalue weighted by Crippen LogP contribution is 2.28. The SMILES string of the molecule is Cc1cc(C(N)c2cccc(Br)c2F)cs1. The summed E-state index contributed by atoms with van der Waals surface area (Å²) in [4.78, 5) is 1.18. The van der Waals surface area contributed by atoms with Gasteiger partial charge in [0, 0.05) is 10.4 Å². The maximum Gasteiger partial charge on any atom is 0.142 e. The van der Waals surface area contributed by atoms with Gasteiger partial charge in [0.15, 0.2) is 0 Å². The smallest absolute Gasteiger partial charge is 0.142 e. The fraction of sp³-hybridized carbons (Fsp3) is 0.167. The van der Waals surface area contributed by atoms with Crippen LogP contribution in [-0.2, 0) is 0 Å². The van der Waals surface area contributed by atoms with Crippen molar-refractivity contribution in [1.82, 2.24) is 0 Å². The average Bonchev–Trinajstić information content (AvgIpc) is 2.68. The first kappa shape index (κ1) is 11.8. The van der Waals surface area contributed by atoms with Gasteiger partial charge in [-0.05, 0) is 45.9 Å². The van der Waals surface area contributed by atoms with Crippen LogP contribution in [0.2, 0.25) is 0 Å². The van der Waals surface area contributed by atoms with Gasteiger partial charge >= 0.3 is 0 Å². The first-order valence-electron chi connectivity index (χ1n) is 4.84. The zero-order chi connectivity index (χ0) is 11.7. The first-order valence-corrected chi connectivity index (χ1v) is 6.51. The molecule has 1 aromatic carbocycles. The van der Waals surface area contributed by atoms with Gasteiger partial charge in [0.05, 0.1) is 10.5 Å². The van der Waals surface area contributed by atoms with Crippen LogP contribution in [0.1, 0.15) is 22.0 Å². The number of nitrogens with two attached hydrogens (primary N) is 1. The molecule has 0 amide bonds. The Morgan fingerprint density at radius 3 is 2.81 bits per heavy atom. The number of aryl methyl sites for hydroxylation is 1.